The second-order valence-electron chi connectivity index (χ2n) is 6.15. The van der Waals surface area contributed by atoms with Crippen LogP contribution in [0.25, 0.3) is 0 Å². The van der Waals surface area contributed by atoms with Crippen molar-refractivity contribution in [3.8, 4) is 0 Å². The molecule has 2 aliphatic heterocycles. The molecule has 2 saturated heterocycles. The Kier molecular flexibility index (Phi) is 4.87. The summed E-state index contributed by atoms with van der Waals surface area (Å²) in [6.45, 7) is 5.98. The van der Waals surface area contributed by atoms with Gasteiger partial charge in [-0.05, 0) is 38.5 Å². The van der Waals surface area contributed by atoms with Gasteiger partial charge < -0.3 is 5.73 Å². The van der Waals surface area contributed by atoms with Crippen LogP contribution in [0.15, 0.2) is 0 Å². The average molecular weight is 289 g/mol. The molecule has 2 fully saturated rings. The first-order valence-electron chi connectivity index (χ1n) is 7.45. The van der Waals surface area contributed by atoms with Crippen LogP contribution in [-0.4, -0.2) is 48.7 Å². The van der Waals surface area contributed by atoms with E-state index in [1.165, 1.54) is 0 Å². The highest BCUT2D eigenvalue weighted by molar-refractivity contribution is 7.86. The van der Waals surface area contributed by atoms with Crippen molar-refractivity contribution in [2.24, 2.45) is 11.7 Å². The van der Waals surface area contributed by atoms with E-state index in [0.717, 1.165) is 32.1 Å². The summed E-state index contributed by atoms with van der Waals surface area (Å²) >= 11 is 0. The van der Waals surface area contributed by atoms with Crippen molar-refractivity contribution in [2.45, 2.75) is 58.0 Å². The Morgan fingerprint density at radius 3 is 2.53 bits per heavy atom. The minimum absolute atomic E-state index is 0.0315. The van der Waals surface area contributed by atoms with E-state index in [2.05, 4.69) is 6.92 Å². The zero-order valence-electron chi connectivity index (χ0n) is 12.1. The molecular formula is C13H27N3O2S. The van der Waals surface area contributed by atoms with Gasteiger partial charge in [-0.25, -0.2) is 0 Å². The van der Waals surface area contributed by atoms with Gasteiger partial charge in [0.05, 0.1) is 0 Å². The van der Waals surface area contributed by atoms with Crippen LogP contribution in [0, 0.1) is 5.92 Å². The molecule has 0 unspecified atom stereocenters. The Balaban J connectivity index is 2.16. The van der Waals surface area contributed by atoms with E-state index in [4.69, 9.17) is 5.73 Å². The van der Waals surface area contributed by atoms with E-state index in [1.807, 2.05) is 6.92 Å². The monoisotopic (exact) mass is 289 g/mol. The fourth-order valence-electron chi connectivity index (χ4n) is 3.25. The lowest BCUT2D eigenvalue weighted by Gasteiger charge is -2.41. The Morgan fingerprint density at radius 2 is 1.89 bits per heavy atom. The number of rotatable bonds is 3. The minimum atomic E-state index is -3.33. The van der Waals surface area contributed by atoms with Crippen LogP contribution in [0.4, 0.5) is 0 Å². The summed E-state index contributed by atoms with van der Waals surface area (Å²) in [7, 11) is -3.33. The van der Waals surface area contributed by atoms with Crippen molar-refractivity contribution < 1.29 is 8.42 Å². The summed E-state index contributed by atoms with van der Waals surface area (Å²) in [6, 6.07) is -0.131. The largest absolute Gasteiger partial charge is 0.326 e. The molecule has 19 heavy (non-hydrogen) atoms. The van der Waals surface area contributed by atoms with E-state index in [1.54, 1.807) is 8.61 Å². The molecule has 0 radical (unpaired) electrons. The molecule has 0 amide bonds. The third kappa shape index (κ3) is 3.29. The van der Waals surface area contributed by atoms with Crippen molar-refractivity contribution in [2.75, 3.05) is 19.6 Å². The predicted molar refractivity (Wildman–Crippen MR) is 76.9 cm³/mol. The van der Waals surface area contributed by atoms with Crippen molar-refractivity contribution >= 4 is 10.2 Å². The number of hydrogen-bond donors (Lipinski definition) is 1. The number of piperidine rings is 2. The molecule has 0 bridgehead atoms. The van der Waals surface area contributed by atoms with Crippen molar-refractivity contribution in [3.63, 3.8) is 0 Å². The van der Waals surface area contributed by atoms with Crippen LogP contribution in [0.1, 0.15) is 46.0 Å². The summed E-state index contributed by atoms with van der Waals surface area (Å²) in [6.07, 6.45) is 5.01. The van der Waals surface area contributed by atoms with Crippen LogP contribution in [0.2, 0.25) is 0 Å². The van der Waals surface area contributed by atoms with Crippen LogP contribution < -0.4 is 5.73 Å². The second-order valence-corrected chi connectivity index (χ2v) is 8.03. The highest BCUT2D eigenvalue weighted by Crippen LogP contribution is 2.27. The lowest BCUT2D eigenvalue weighted by atomic mass is 10.00. The van der Waals surface area contributed by atoms with Crippen LogP contribution in [0.3, 0.4) is 0 Å². The van der Waals surface area contributed by atoms with Gasteiger partial charge in [-0.3, -0.25) is 0 Å². The highest BCUT2D eigenvalue weighted by atomic mass is 32.2. The predicted octanol–water partition coefficient (Wildman–Crippen LogP) is 1.16. The van der Waals surface area contributed by atoms with Gasteiger partial charge in [0, 0.05) is 31.7 Å². The van der Waals surface area contributed by atoms with E-state index < -0.39 is 10.2 Å². The average Bonchev–Trinajstić information content (AvgIpc) is 2.38. The van der Waals surface area contributed by atoms with E-state index in [9.17, 15) is 8.42 Å². The molecule has 0 aromatic rings. The summed E-state index contributed by atoms with van der Waals surface area (Å²) < 4.78 is 28.9. The van der Waals surface area contributed by atoms with Gasteiger partial charge in [0.2, 0.25) is 0 Å². The first-order chi connectivity index (χ1) is 8.93. The van der Waals surface area contributed by atoms with E-state index >= 15 is 0 Å². The summed E-state index contributed by atoms with van der Waals surface area (Å²) in [5.74, 6) is 0.460. The SMILES string of the molecule is C[C@@H]1CCCN(S(=O)(=O)N2CCCC[C@H]2[C@H](C)N)C1. The van der Waals surface area contributed by atoms with Gasteiger partial charge in [0.1, 0.15) is 0 Å². The fourth-order valence-corrected chi connectivity index (χ4v) is 5.35. The summed E-state index contributed by atoms with van der Waals surface area (Å²) in [5, 5.41) is 0. The topological polar surface area (TPSA) is 66.6 Å². The molecule has 2 N–H and O–H groups in total. The Bertz CT molecular complexity index is 397. The van der Waals surface area contributed by atoms with Gasteiger partial charge in [-0.2, -0.15) is 17.0 Å². The van der Waals surface area contributed by atoms with Gasteiger partial charge in [-0.1, -0.05) is 13.3 Å². The lowest BCUT2D eigenvalue weighted by Crippen LogP contribution is -2.57. The smallest absolute Gasteiger partial charge is 0.282 e. The molecule has 0 spiro atoms. The molecule has 6 heteroatoms. The normalized spacial score (nSPS) is 33.2. The van der Waals surface area contributed by atoms with Crippen molar-refractivity contribution in [1.29, 1.82) is 0 Å². The molecule has 0 aromatic heterocycles. The van der Waals surface area contributed by atoms with Crippen molar-refractivity contribution in [1.82, 2.24) is 8.61 Å². The van der Waals surface area contributed by atoms with Crippen LogP contribution in [-0.2, 0) is 10.2 Å². The maximum Gasteiger partial charge on any atom is 0.282 e. The van der Waals surface area contributed by atoms with E-state index in [-0.39, 0.29) is 12.1 Å². The summed E-state index contributed by atoms with van der Waals surface area (Å²) in [4.78, 5) is 0. The maximum absolute atomic E-state index is 12.8. The van der Waals surface area contributed by atoms with Gasteiger partial charge in [-0.15, -0.1) is 0 Å². The maximum atomic E-state index is 12.8. The molecule has 3 atom stereocenters. The third-order valence-corrected chi connectivity index (χ3v) is 6.38. The number of hydrogen-bond acceptors (Lipinski definition) is 3. The first kappa shape index (κ1) is 15.2. The standard InChI is InChI=1S/C13H27N3O2S/c1-11-6-5-8-15(10-11)19(17,18)16-9-4-3-7-13(16)12(2)14/h11-13H,3-10,14H2,1-2H3/t11-,12+,13+/m1/s1. The van der Waals surface area contributed by atoms with Crippen LogP contribution >= 0.6 is 0 Å². The molecule has 5 nitrogen and oxygen atoms in total. The Morgan fingerprint density at radius 1 is 1.16 bits per heavy atom. The van der Waals surface area contributed by atoms with Gasteiger partial charge >= 0.3 is 0 Å². The Labute approximate surface area is 117 Å². The second kappa shape index (κ2) is 6.08. The molecule has 112 valence electrons. The fraction of sp³-hybridized carbons (Fsp3) is 1.00. The summed E-state index contributed by atoms with van der Waals surface area (Å²) in [5.41, 5.74) is 5.99. The molecule has 2 aliphatic rings. The van der Waals surface area contributed by atoms with Crippen LogP contribution in [0.5, 0.6) is 0 Å². The third-order valence-electron chi connectivity index (χ3n) is 4.35. The minimum Gasteiger partial charge on any atom is -0.326 e. The number of nitrogens with zero attached hydrogens (tertiary/aromatic N) is 2. The van der Waals surface area contributed by atoms with Gasteiger partial charge in [0.15, 0.2) is 0 Å². The van der Waals surface area contributed by atoms with Crippen molar-refractivity contribution in [3.05, 3.63) is 0 Å². The molecule has 2 heterocycles. The molecule has 0 aliphatic carbocycles. The number of nitrogens with two attached hydrogens (primary N) is 1. The molecule has 2 rings (SSSR count). The van der Waals surface area contributed by atoms with Gasteiger partial charge in [0.25, 0.3) is 10.2 Å². The molecule has 0 aromatic carbocycles. The zero-order chi connectivity index (χ0) is 14.0. The highest BCUT2D eigenvalue weighted by Gasteiger charge is 2.39. The quantitative estimate of drug-likeness (QED) is 0.848. The molecular weight excluding hydrogens is 262 g/mol. The first-order valence-corrected chi connectivity index (χ1v) is 8.85. The van der Waals surface area contributed by atoms with E-state index in [0.29, 0.717) is 25.6 Å². The zero-order valence-corrected chi connectivity index (χ0v) is 12.9. The lowest BCUT2D eigenvalue weighted by molar-refractivity contribution is 0.195. The Hall–Kier alpha value is -0.170. The molecule has 0 saturated carbocycles.